The summed E-state index contributed by atoms with van der Waals surface area (Å²) in [4.78, 5) is 4.46. The molecule has 4 nitrogen and oxygen atoms in total. The lowest BCUT2D eigenvalue weighted by Crippen LogP contribution is -2.45. The first-order chi connectivity index (χ1) is 14.1. The minimum Gasteiger partial charge on any atom is -0.367 e. The molecule has 0 amide bonds. The van der Waals surface area contributed by atoms with E-state index in [1.165, 1.54) is 0 Å². The van der Waals surface area contributed by atoms with Crippen molar-refractivity contribution in [2.24, 2.45) is 10.9 Å². The fraction of sp³-hybridized carbons (Fsp3) is 0.650. The van der Waals surface area contributed by atoms with Crippen molar-refractivity contribution in [2.45, 2.75) is 64.2 Å². The number of guanidine groups is 1. The Kier molecular flexibility index (Phi) is 8.81. The van der Waals surface area contributed by atoms with Gasteiger partial charge in [0.15, 0.2) is 5.96 Å². The van der Waals surface area contributed by atoms with Gasteiger partial charge in [0, 0.05) is 12.6 Å². The summed E-state index contributed by atoms with van der Waals surface area (Å²) < 4.78 is 79.6. The van der Waals surface area contributed by atoms with E-state index in [0.29, 0.717) is 30.9 Å². The van der Waals surface area contributed by atoms with Crippen molar-refractivity contribution in [3.8, 4) is 0 Å². The van der Waals surface area contributed by atoms with E-state index in [-0.39, 0.29) is 32.0 Å². The molecule has 10 heteroatoms. The molecule has 0 aliphatic heterocycles. The van der Waals surface area contributed by atoms with Gasteiger partial charge in [-0.15, -0.1) is 0 Å². The number of alkyl halides is 6. The second-order valence-corrected chi connectivity index (χ2v) is 7.36. The van der Waals surface area contributed by atoms with Crippen LogP contribution in [0.1, 0.15) is 43.7 Å². The topological polar surface area (TPSA) is 45.7 Å². The summed E-state index contributed by atoms with van der Waals surface area (Å²) in [6.45, 7) is 1.30. The molecule has 0 bridgehead atoms. The molecular formula is C20H27F6N3O. The Morgan fingerprint density at radius 2 is 1.73 bits per heavy atom. The zero-order chi connectivity index (χ0) is 22.2. The lowest BCUT2D eigenvalue weighted by Gasteiger charge is -2.31. The average Bonchev–Trinajstić information content (AvgIpc) is 2.65. The first-order valence-electron chi connectivity index (χ1n) is 9.90. The molecule has 1 aliphatic rings. The third-order valence-corrected chi connectivity index (χ3v) is 4.82. The summed E-state index contributed by atoms with van der Waals surface area (Å²) in [5, 5.41) is 6.26. The van der Waals surface area contributed by atoms with Gasteiger partial charge in [-0.1, -0.05) is 24.3 Å². The van der Waals surface area contributed by atoms with Crippen LogP contribution in [-0.4, -0.2) is 37.5 Å². The Balaban J connectivity index is 1.89. The molecule has 1 aromatic carbocycles. The van der Waals surface area contributed by atoms with Crippen molar-refractivity contribution in [3.05, 3.63) is 35.4 Å². The summed E-state index contributed by atoms with van der Waals surface area (Å²) in [5.74, 6) is -0.732. The SMILES string of the molecule is CCNC(=NCc1cccc(COCC(F)(F)F)c1)NC1CCC(C(F)(F)F)CC1. The zero-order valence-corrected chi connectivity index (χ0v) is 16.7. The molecule has 30 heavy (non-hydrogen) atoms. The molecule has 0 heterocycles. The lowest BCUT2D eigenvalue weighted by molar-refractivity contribution is -0.182. The number of rotatable bonds is 7. The molecule has 1 aromatic rings. The van der Waals surface area contributed by atoms with Crippen molar-refractivity contribution >= 4 is 5.96 Å². The van der Waals surface area contributed by atoms with Gasteiger partial charge in [0.1, 0.15) is 6.61 Å². The Morgan fingerprint density at radius 3 is 2.33 bits per heavy atom. The van der Waals surface area contributed by atoms with E-state index in [1.807, 2.05) is 6.92 Å². The summed E-state index contributed by atoms with van der Waals surface area (Å²) in [5.41, 5.74) is 1.40. The van der Waals surface area contributed by atoms with E-state index in [1.54, 1.807) is 24.3 Å². The third-order valence-electron chi connectivity index (χ3n) is 4.82. The van der Waals surface area contributed by atoms with Gasteiger partial charge in [0.2, 0.25) is 0 Å². The van der Waals surface area contributed by atoms with Crippen LogP contribution in [0.25, 0.3) is 0 Å². The van der Waals surface area contributed by atoms with Gasteiger partial charge in [-0.05, 0) is 43.7 Å². The maximum absolute atomic E-state index is 12.8. The van der Waals surface area contributed by atoms with Crippen LogP contribution >= 0.6 is 0 Å². The first kappa shape index (κ1) is 24.3. The minimum atomic E-state index is -4.37. The molecule has 1 fully saturated rings. The molecule has 2 N–H and O–H groups in total. The second kappa shape index (κ2) is 10.9. The fourth-order valence-electron chi connectivity index (χ4n) is 3.35. The van der Waals surface area contributed by atoms with Crippen molar-refractivity contribution < 1.29 is 31.1 Å². The van der Waals surface area contributed by atoms with Gasteiger partial charge in [0.05, 0.1) is 19.1 Å². The lowest BCUT2D eigenvalue weighted by atomic mass is 9.85. The molecule has 170 valence electrons. The monoisotopic (exact) mass is 439 g/mol. The van der Waals surface area contributed by atoms with Gasteiger partial charge >= 0.3 is 12.4 Å². The van der Waals surface area contributed by atoms with Crippen LogP contribution in [0.3, 0.4) is 0 Å². The number of benzene rings is 1. The van der Waals surface area contributed by atoms with Crippen LogP contribution in [0.5, 0.6) is 0 Å². The highest BCUT2D eigenvalue weighted by Gasteiger charge is 2.41. The highest BCUT2D eigenvalue weighted by Crippen LogP contribution is 2.37. The number of aliphatic imine (C=N–C) groups is 1. The van der Waals surface area contributed by atoms with Gasteiger partial charge in [-0.2, -0.15) is 26.3 Å². The maximum Gasteiger partial charge on any atom is 0.411 e. The molecular weight excluding hydrogens is 412 g/mol. The highest BCUT2D eigenvalue weighted by molar-refractivity contribution is 5.80. The Bertz CT molecular complexity index is 682. The van der Waals surface area contributed by atoms with Crippen LogP contribution in [0.4, 0.5) is 26.3 Å². The molecule has 0 atom stereocenters. The molecule has 1 aliphatic carbocycles. The van der Waals surface area contributed by atoms with Crippen LogP contribution in [0.2, 0.25) is 0 Å². The summed E-state index contributed by atoms with van der Waals surface area (Å²) in [7, 11) is 0. The van der Waals surface area contributed by atoms with Crippen molar-refractivity contribution in [2.75, 3.05) is 13.2 Å². The zero-order valence-electron chi connectivity index (χ0n) is 16.7. The van der Waals surface area contributed by atoms with E-state index in [0.717, 1.165) is 5.56 Å². The summed E-state index contributed by atoms with van der Waals surface area (Å²) >= 11 is 0. The smallest absolute Gasteiger partial charge is 0.367 e. The molecule has 1 saturated carbocycles. The van der Waals surface area contributed by atoms with Crippen molar-refractivity contribution in [3.63, 3.8) is 0 Å². The van der Waals surface area contributed by atoms with Gasteiger partial charge in [-0.3, -0.25) is 0 Å². The number of hydrogen-bond acceptors (Lipinski definition) is 2. The van der Waals surface area contributed by atoms with Gasteiger partial charge in [-0.25, -0.2) is 4.99 Å². The van der Waals surface area contributed by atoms with E-state index >= 15 is 0 Å². The summed E-state index contributed by atoms with van der Waals surface area (Å²) in [6, 6.07) is 6.83. The van der Waals surface area contributed by atoms with Gasteiger partial charge < -0.3 is 15.4 Å². The van der Waals surface area contributed by atoms with Crippen LogP contribution in [0, 0.1) is 5.92 Å². The number of halogens is 6. The second-order valence-electron chi connectivity index (χ2n) is 7.36. The molecule has 0 saturated heterocycles. The standard InChI is InChI=1S/C20H27F6N3O/c1-2-27-18(29-17-8-6-16(7-9-17)20(24,25)26)28-11-14-4-3-5-15(10-14)12-30-13-19(21,22)23/h3-5,10,16-17H,2,6-9,11-13H2,1H3,(H2,27,28,29). The summed E-state index contributed by atoms with van der Waals surface area (Å²) in [6.07, 6.45) is -7.48. The first-order valence-corrected chi connectivity index (χ1v) is 9.90. The predicted octanol–water partition coefficient (Wildman–Crippen LogP) is 4.94. The van der Waals surface area contributed by atoms with Crippen LogP contribution < -0.4 is 10.6 Å². The van der Waals surface area contributed by atoms with Crippen molar-refractivity contribution in [1.29, 1.82) is 0 Å². The molecule has 0 aromatic heterocycles. The molecule has 2 rings (SSSR count). The van der Waals surface area contributed by atoms with Crippen LogP contribution in [-0.2, 0) is 17.9 Å². The van der Waals surface area contributed by atoms with E-state index < -0.39 is 24.9 Å². The number of nitrogens with zero attached hydrogens (tertiary/aromatic N) is 1. The van der Waals surface area contributed by atoms with Gasteiger partial charge in [0.25, 0.3) is 0 Å². The minimum absolute atomic E-state index is 0.0801. The highest BCUT2D eigenvalue weighted by atomic mass is 19.4. The van der Waals surface area contributed by atoms with Crippen LogP contribution in [0.15, 0.2) is 29.3 Å². The largest absolute Gasteiger partial charge is 0.411 e. The van der Waals surface area contributed by atoms with E-state index in [9.17, 15) is 26.3 Å². The normalized spacial score (nSPS) is 20.8. The van der Waals surface area contributed by atoms with E-state index in [2.05, 4.69) is 20.4 Å². The Morgan fingerprint density at radius 1 is 1.07 bits per heavy atom. The molecule has 0 unspecified atom stereocenters. The Labute approximate surface area is 172 Å². The maximum atomic E-state index is 12.8. The molecule has 0 radical (unpaired) electrons. The quantitative estimate of drug-likeness (QED) is 0.359. The average molecular weight is 439 g/mol. The van der Waals surface area contributed by atoms with E-state index in [4.69, 9.17) is 0 Å². The number of ether oxygens (including phenoxy) is 1. The Hall–Kier alpha value is -1.97. The number of nitrogens with one attached hydrogen (secondary N) is 2. The molecule has 0 spiro atoms. The number of hydrogen-bond donors (Lipinski definition) is 2. The third kappa shape index (κ3) is 8.81. The van der Waals surface area contributed by atoms with Crippen molar-refractivity contribution in [1.82, 2.24) is 10.6 Å². The predicted molar refractivity (Wildman–Crippen MR) is 102 cm³/mol. The fourth-order valence-corrected chi connectivity index (χ4v) is 3.35.